The molecular formula is C24H25FN2O. The van der Waals surface area contributed by atoms with Crippen LogP contribution in [0.3, 0.4) is 0 Å². The van der Waals surface area contributed by atoms with Gasteiger partial charge in [-0.05, 0) is 59.9 Å². The molecule has 0 unspecified atom stereocenters. The first-order valence-electron chi connectivity index (χ1n) is 9.59. The number of para-hydroxylation sites is 1. The molecule has 0 aliphatic carbocycles. The van der Waals surface area contributed by atoms with E-state index in [0.29, 0.717) is 25.1 Å². The van der Waals surface area contributed by atoms with Gasteiger partial charge in [0.2, 0.25) is 0 Å². The van der Waals surface area contributed by atoms with E-state index < -0.39 is 0 Å². The highest BCUT2D eigenvalue weighted by atomic mass is 19.1. The number of hydrogen-bond donors (Lipinski definition) is 2. The van der Waals surface area contributed by atoms with Gasteiger partial charge < -0.3 is 10.6 Å². The molecule has 3 aromatic rings. The molecule has 0 heterocycles. The van der Waals surface area contributed by atoms with Crippen molar-refractivity contribution in [2.45, 2.75) is 26.3 Å². The van der Waals surface area contributed by atoms with Crippen molar-refractivity contribution in [3.05, 3.63) is 101 Å². The van der Waals surface area contributed by atoms with Crippen molar-refractivity contribution in [3.63, 3.8) is 0 Å². The maximum absolute atomic E-state index is 12.9. The minimum Gasteiger partial charge on any atom is -0.381 e. The van der Waals surface area contributed by atoms with Crippen LogP contribution >= 0.6 is 0 Å². The van der Waals surface area contributed by atoms with Crippen LogP contribution < -0.4 is 10.6 Å². The number of aryl methyl sites for hydroxylation is 1. The summed E-state index contributed by atoms with van der Waals surface area (Å²) in [5, 5.41) is 6.38. The third-order valence-corrected chi connectivity index (χ3v) is 4.68. The summed E-state index contributed by atoms with van der Waals surface area (Å²) in [6.45, 7) is 3.31. The van der Waals surface area contributed by atoms with Crippen molar-refractivity contribution in [3.8, 4) is 0 Å². The number of rotatable bonds is 8. The summed E-state index contributed by atoms with van der Waals surface area (Å²) in [6.07, 6.45) is 1.64. The summed E-state index contributed by atoms with van der Waals surface area (Å²) in [4.78, 5) is 12.4. The van der Waals surface area contributed by atoms with Crippen molar-refractivity contribution in [1.82, 2.24) is 5.32 Å². The fraction of sp³-hybridized carbons (Fsp3) is 0.208. The number of anilines is 1. The summed E-state index contributed by atoms with van der Waals surface area (Å²) in [7, 11) is 0. The second kappa shape index (κ2) is 9.70. The molecule has 0 fully saturated rings. The predicted octanol–water partition coefficient (Wildman–Crippen LogP) is 4.97. The highest BCUT2D eigenvalue weighted by Gasteiger charge is 2.07. The van der Waals surface area contributed by atoms with E-state index in [-0.39, 0.29) is 11.7 Å². The minimum atomic E-state index is -0.250. The number of amides is 1. The van der Waals surface area contributed by atoms with Crippen LogP contribution in [0.4, 0.5) is 10.1 Å². The fourth-order valence-electron chi connectivity index (χ4n) is 3.09. The van der Waals surface area contributed by atoms with E-state index in [4.69, 9.17) is 0 Å². The summed E-state index contributed by atoms with van der Waals surface area (Å²) in [5.74, 6) is -0.349. The molecular weight excluding hydrogens is 351 g/mol. The molecule has 0 atom stereocenters. The largest absolute Gasteiger partial charge is 0.381 e. The van der Waals surface area contributed by atoms with Crippen molar-refractivity contribution >= 4 is 11.6 Å². The molecule has 28 heavy (non-hydrogen) atoms. The molecule has 0 spiro atoms. The van der Waals surface area contributed by atoms with Crippen LogP contribution in [0.15, 0.2) is 72.8 Å². The Kier molecular flexibility index (Phi) is 6.79. The number of carbonyl (C=O) groups excluding carboxylic acids is 1. The van der Waals surface area contributed by atoms with Gasteiger partial charge in [0.05, 0.1) is 0 Å². The molecule has 144 valence electrons. The summed E-state index contributed by atoms with van der Waals surface area (Å²) < 4.78 is 12.9. The van der Waals surface area contributed by atoms with E-state index in [1.807, 2.05) is 36.4 Å². The average molecular weight is 376 g/mol. The monoisotopic (exact) mass is 376 g/mol. The van der Waals surface area contributed by atoms with Crippen LogP contribution in [-0.2, 0) is 19.4 Å². The highest BCUT2D eigenvalue weighted by Crippen LogP contribution is 2.17. The lowest BCUT2D eigenvalue weighted by atomic mass is 10.1. The second-order valence-corrected chi connectivity index (χ2v) is 6.70. The zero-order valence-electron chi connectivity index (χ0n) is 16.0. The maximum atomic E-state index is 12.9. The van der Waals surface area contributed by atoms with Crippen LogP contribution in [0.5, 0.6) is 0 Å². The van der Waals surface area contributed by atoms with Crippen LogP contribution in [-0.4, -0.2) is 12.5 Å². The molecule has 0 aliphatic rings. The number of nitrogens with one attached hydrogen (secondary N) is 2. The normalized spacial score (nSPS) is 10.5. The first-order chi connectivity index (χ1) is 13.7. The van der Waals surface area contributed by atoms with Gasteiger partial charge in [0.1, 0.15) is 5.82 Å². The molecule has 0 aromatic heterocycles. The highest BCUT2D eigenvalue weighted by molar-refractivity contribution is 5.94. The van der Waals surface area contributed by atoms with E-state index in [2.05, 4.69) is 29.7 Å². The van der Waals surface area contributed by atoms with Crippen molar-refractivity contribution in [2.75, 3.05) is 11.9 Å². The Bertz CT molecular complexity index is 922. The van der Waals surface area contributed by atoms with E-state index in [1.165, 1.54) is 17.7 Å². The number of benzene rings is 3. The second-order valence-electron chi connectivity index (χ2n) is 6.70. The molecule has 1 amide bonds. The Morgan fingerprint density at radius 3 is 2.50 bits per heavy atom. The van der Waals surface area contributed by atoms with Crippen LogP contribution in [0.25, 0.3) is 0 Å². The van der Waals surface area contributed by atoms with Crippen molar-refractivity contribution < 1.29 is 9.18 Å². The lowest BCUT2D eigenvalue weighted by Crippen LogP contribution is -2.25. The van der Waals surface area contributed by atoms with Crippen LogP contribution in [0.1, 0.15) is 34.0 Å². The molecule has 3 aromatic carbocycles. The third kappa shape index (κ3) is 5.43. The quantitative estimate of drug-likeness (QED) is 0.583. The summed E-state index contributed by atoms with van der Waals surface area (Å²) in [6, 6.07) is 22.2. The first kappa shape index (κ1) is 19.6. The standard InChI is InChI=1S/C24H25FN2O/c1-2-20-7-3-4-9-23(20)27-17-19-6-5-8-21(16-19)24(28)26-15-14-18-10-12-22(25)13-11-18/h3-13,16,27H,2,14-15,17H2,1H3,(H,26,28). The minimum absolute atomic E-state index is 0.0991. The van der Waals surface area contributed by atoms with Gasteiger partial charge >= 0.3 is 0 Å². The molecule has 0 bridgehead atoms. The zero-order valence-corrected chi connectivity index (χ0v) is 16.0. The van der Waals surface area contributed by atoms with E-state index in [9.17, 15) is 9.18 Å². The van der Waals surface area contributed by atoms with Crippen LogP contribution in [0.2, 0.25) is 0 Å². The lowest BCUT2D eigenvalue weighted by Gasteiger charge is -2.12. The molecule has 0 saturated carbocycles. The third-order valence-electron chi connectivity index (χ3n) is 4.68. The Morgan fingerprint density at radius 2 is 1.71 bits per heavy atom. The van der Waals surface area contributed by atoms with Crippen molar-refractivity contribution in [2.24, 2.45) is 0 Å². The van der Waals surface area contributed by atoms with Gasteiger partial charge in [0.25, 0.3) is 5.91 Å². The first-order valence-corrected chi connectivity index (χ1v) is 9.59. The molecule has 4 heteroatoms. The maximum Gasteiger partial charge on any atom is 0.251 e. The van der Waals surface area contributed by atoms with Gasteiger partial charge in [0, 0.05) is 24.3 Å². The van der Waals surface area contributed by atoms with E-state index >= 15 is 0 Å². The van der Waals surface area contributed by atoms with Gasteiger partial charge in [-0.25, -0.2) is 4.39 Å². The van der Waals surface area contributed by atoms with Gasteiger partial charge in [0.15, 0.2) is 0 Å². The predicted molar refractivity (Wildman–Crippen MR) is 112 cm³/mol. The summed E-state index contributed by atoms with van der Waals surface area (Å²) >= 11 is 0. The van der Waals surface area contributed by atoms with Gasteiger partial charge in [-0.15, -0.1) is 0 Å². The Morgan fingerprint density at radius 1 is 0.929 bits per heavy atom. The number of carbonyl (C=O) groups is 1. The topological polar surface area (TPSA) is 41.1 Å². The van der Waals surface area contributed by atoms with Crippen molar-refractivity contribution in [1.29, 1.82) is 0 Å². The zero-order chi connectivity index (χ0) is 19.8. The Labute approximate surface area is 165 Å². The summed E-state index contributed by atoms with van der Waals surface area (Å²) in [5.41, 5.74) is 5.09. The molecule has 0 aliphatic heterocycles. The Hall–Kier alpha value is -3.14. The molecule has 0 radical (unpaired) electrons. The lowest BCUT2D eigenvalue weighted by molar-refractivity contribution is 0.0954. The fourth-order valence-corrected chi connectivity index (χ4v) is 3.09. The molecule has 3 rings (SSSR count). The number of halogens is 1. The average Bonchev–Trinajstić information content (AvgIpc) is 2.74. The van der Waals surface area contributed by atoms with E-state index in [1.54, 1.807) is 12.1 Å². The SMILES string of the molecule is CCc1ccccc1NCc1cccc(C(=O)NCCc2ccc(F)cc2)c1. The molecule has 0 saturated heterocycles. The van der Waals surface area contributed by atoms with Gasteiger partial charge in [-0.2, -0.15) is 0 Å². The Balaban J connectivity index is 1.54. The van der Waals surface area contributed by atoms with Gasteiger partial charge in [-0.3, -0.25) is 4.79 Å². The molecule has 2 N–H and O–H groups in total. The van der Waals surface area contributed by atoms with E-state index in [0.717, 1.165) is 23.2 Å². The van der Waals surface area contributed by atoms with Crippen LogP contribution in [0, 0.1) is 5.82 Å². The number of hydrogen-bond acceptors (Lipinski definition) is 2. The van der Waals surface area contributed by atoms with Gasteiger partial charge in [-0.1, -0.05) is 49.4 Å². The molecule has 3 nitrogen and oxygen atoms in total. The smallest absolute Gasteiger partial charge is 0.251 e.